The number of halogens is 2. The van der Waals surface area contributed by atoms with Gasteiger partial charge in [0, 0.05) is 6.07 Å². The van der Waals surface area contributed by atoms with Crippen molar-refractivity contribution in [2.75, 3.05) is 11.9 Å². The van der Waals surface area contributed by atoms with Crippen LogP contribution in [0.25, 0.3) is 0 Å². The number of carbonyl (C=O) groups excluding carboxylic acids is 2. The third kappa shape index (κ3) is 5.56. The Morgan fingerprint density at radius 3 is 2.60 bits per heavy atom. The van der Waals surface area contributed by atoms with E-state index in [4.69, 9.17) is 9.47 Å². The zero-order chi connectivity index (χ0) is 18.4. The predicted octanol–water partition coefficient (Wildman–Crippen LogP) is 3.22. The van der Waals surface area contributed by atoms with E-state index in [-0.39, 0.29) is 5.69 Å². The highest BCUT2D eigenvalue weighted by molar-refractivity contribution is 5.93. The molecule has 0 spiro atoms. The van der Waals surface area contributed by atoms with E-state index >= 15 is 0 Å². The smallest absolute Gasteiger partial charge is 0.347 e. The molecule has 1 atom stereocenters. The minimum Gasteiger partial charge on any atom is -0.479 e. The summed E-state index contributed by atoms with van der Waals surface area (Å²) in [5.74, 6) is -2.67. The van der Waals surface area contributed by atoms with Crippen LogP contribution in [-0.2, 0) is 14.3 Å². The molecule has 0 fully saturated rings. The van der Waals surface area contributed by atoms with Crippen LogP contribution in [0.15, 0.2) is 42.5 Å². The molecule has 25 heavy (non-hydrogen) atoms. The Morgan fingerprint density at radius 1 is 1.16 bits per heavy atom. The van der Waals surface area contributed by atoms with Crippen LogP contribution < -0.4 is 10.1 Å². The van der Waals surface area contributed by atoms with E-state index in [9.17, 15) is 18.4 Å². The summed E-state index contributed by atoms with van der Waals surface area (Å²) < 4.78 is 36.5. The second-order valence-corrected chi connectivity index (χ2v) is 5.36. The first kappa shape index (κ1) is 18.4. The maximum absolute atomic E-state index is 13.4. The van der Waals surface area contributed by atoms with Crippen LogP contribution in [0.4, 0.5) is 14.5 Å². The lowest BCUT2D eigenvalue weighted by atomic mass is 10.2. The summed E-state index contributed by atoms with van der Waals surface area (Å²) in [6, 6.07) is 9.84. The minimum absolute atomic E-state index is 0.202. The van der Waals surface area contributed by atoms with E-state index in [1.807, 2.05) is 13.0 Å². The average Bonchev–Trinajstić information content (AvgIpc) is 2.55. The van der Waals surface area contributed by atoms with Gasteiger partial charge in [0.25, 0.3) is 5.91 Å². The van der Waals surface area contributed by atoms with Gasteiger partial charge in [0.15, 0.2) is 12.7 Å². The van der Waals surface area contributed by atoms with Crippen molar-refractivity contribution in [2.24, 2.45) is 0 Å². The fourth-order valence-corrected chi connectivity index (χ4v) is 1.97. The Labute approximate surface area is 143 Å². The maximum atomic E-state index is 13.4. The Hall–Kier alpha value is -2.96. The summed E-state index contributed by atoms with van der Waals surface area (Å²) in [6.07, 6.45) is -0.919. The van der Waals surface area contributed by atoms with E-state index in [1.54, 1.807) is 18.2 Å². The molecule has 0 aliphatic carbocycles. The van der Waals surface area contributed by atoms with Gasteiger partial charge in [0.1, 0.15) is 17.4 Å². The predicted molar refractivity (Wildman–Crippen MR) is 87.2 cm³/mol. The molecule has 132 valence electrons. The van der Waals surface area contributed by atoms with E-state index in [0.29, 0.717) is 11.8 Å². The van der Waals surface area contributed by atoms with Gasteiger partial charge >= 0.3 is 5.97 Å². The van der Waals surface area contributed by atoms with Crippen LogP contribution in [0.3, 0.4) is 0 Å². The van der Waals surface area contributed by atoms with Gasteiger partial charge in [-0.2, -0.15) is 0 Å². The van der Waals surface area contributed by atoms with Crippen molar-refractivity contribution in [2.45, 2.75) is 20.0 Å². The van der Waals surface area contributed by atoms with Crippen molar-refractivity contribution in [3.05, 3.63) is 59.7 Å². The Balaban J connectivity index is 1.83. The highest BCUT2D eigenvalue weighted by atomic mass is 19.1. The van der Waals surface area contributed by atoms with Gasteiger partial charge in [-0.1, -0.05) is 12.1 Å². The quantitative estimate of drug-likeness (QED) is 0.814. The number of ether oxygens (including phenoxy) is 2. The lowest BCUT2D eigenvalue weighted by Gasteiger charge is -2.14. The number of esters is 1. The number of rotatable bonds is 6. The zero-order valence-electron chi connectivity index (χ0n) is 13.7. The molecule has 2 aromatic rings. The van der Waals surface area contributed by atoms with Crippen molar-refractivity contribution < 1.29 is 27.8 Å². The first-order chi connectivity index (χ1) is 11.8. The van der Waals surface area contributed by atoms with Gasteiger partial charge in [-0.05, 0) is 43.7 Å². The van der Waals surface area contributed by atoms with Crippen LogP contribution in [-0.4, -0.2) is 24.6 Å². The van der Waals surface area contributed by atoms with Gasteiger partial charge < -0.3 is 14.8 Å². The van der Waals surface area contributed by atoms with Gasteiger partial charge in [-0.25, -0.2) is 13.6 Å². The summed E-state index contributed by atoms with van der Waals surface area (Å²) in [6.45, 7) is 2.76. The Morgan fingerprint density at radius 2 is 1.92 bits per heavy atom. The average molecular weight is 349 g/mol. The summed E-state index contributed by atoms with van der Waals surface area (Å²) >= 11 is 0. The van der Waals surface area contributed by atoms with E-state index in [1.165, 1.54) is 6.92 Å². The second kappa shape index (κ2) is 8.23. The fraction of sp³-hybridized carbons (Fsp3) is 0.222. The number of aryl methyl sites for hydroxylation is 1. The van der Waals surface area contributed by atoms with Crippen molar-refractivity contribution in [3.63, 3.8) is 0 Å². The molecule has 0 saturated carbocycles. The van der Waals surface area contributed by atoms with Crippen LogP contribution in [0, 0.1) is 18.6 Å². The molecule has 0 bridgehead atoms. The van der Waals surface area contributed by atoms with E-state index < -0.39 is 36.2 Å². The molecule has 0 heterocycles. The van der Waals surface area contributed by atoms with Crippen LogP contribution in [0.1, 0.15) is 12.5 Å². The van der Waals surface area contributed by atoms with Crippen LogP contribution in [0.2, 0.25) is 0 Å². The lowest BCUT2D eigenvalue weighted by molar-refractivity contribution is -0.153. The van der Waals surface area contributed by atoms with E-state index in [2.05, 4.69) is 5.32 Å². The first-order valence-corrected chi connectivity index (χ1v) is 7.50. The van der Waals surface area contributed by atoms with Gasteiger partial charge in [0.05, 0.1) is 5.69 Å². The molecule has 5 nitrogen and oxygen atoms in total. The zero-order valence-corrected chi connectivity index (χ0v) is 13.7. The van der Waals surface area contributed by atoms with Crippen molar-refractivity contribution >= 4 is 17.6 Å². The maximum Gasteiger partial charge on any atom is 0.347 e. The highest BCUT2D eigenvalue weighted by Crippen LogP contribution is 2.16. The summed E-state index contributed by atoms with van der Waals surface area (Å²) in [5.41, 5.74) is 0.769. The SMILES string of the molecule is Cc1cccc(O[C@@H](C)C(=O)OCC(=O)Nc2ccc(F)cc2F)c1. The number of anilines is 1. The monoisotopic (exact) mass is 349 g/mol. The van der Waals surface area contributed by atoms with Crippen molar-refractivity contribution in [1.82, 2.24) is 0 Å². The standard InChI is InChI=1S/C18H17F2NO4/c1-11-4-3-5-14(8-11)25-12(2)18(23)24-10-17(22)21-16-7-6-13(19)9-15(16)20/h3-9,12H,10H2,1-2H3,(H,21,22)/t12-/m0/s1. The fourth-order valence-electron chi connectivity index (χ4n) is 1.97. The van der Waals surface area contributed by atoms with Gasteiger partial charge in [-0.3, -0.25) is 4.79 Å². The largest absolute Gasteiger partial charge is 0.479 e. The Bertz CT molecular complexity index is 779. The highest BCUT2D eigenvalue weighted by Gasteiger charge is 2.18. The number of carbonyl (C=O) groups is 2. The molecule has 0 unspecified atom stereocenters. The number of amides is 1. The number of hydrogen-bond acceptors (Lipinski definition) is 4. The molecule has 0 aromatic heterocycles. The topological polar surface area (TPSA) is 64.6 Å². The number of benzene rings is 2. The molecule has 7 heteroatoms. The minimum atomic E-state index is -0.921. The molecular formula is C18H17F2NO4. The molecule has 0 aliphatic rings. The third-order valence-electron chi connectivity index (χ3n) is 3.19. The molecule has 0 radical (unpaired) electrons. The second-order valence-electron chi connectivity index (χ2n) is 5.36. The van der Waals surface area contributed by atoms with Crippen LogP contribution >= 0.6 is 0 Å². The van der Waals surface area contributed by atoms with Gasteiger partial charge in [0.2, 0.25) is 0 Å². The molecule has 0 saturated heterocycles. The summed E-state index contributed by atoms with van der Waals surface area (Å²) in [5, 5.41) is 2.19. The Kier molecular flexibility index (Phi) is 6.05. The first-order valence-electron chi connectivity index (χ1n) is 7.50. The van der Waals surface area contributed by atoms with Gasteiger partial charge in [-0.15, -0.1) is 0 Å². The normalized spacial score (nSPS) is 11.5. The lowest BCUT2D eigenvalue weighted by Crippen LogP contribution is -2.29. The molecule has 1 amide bonds. The summed E-state index contributed by atoms with van der Waals surface area (Å²) in [4.78, 5) is 23.5. The molecule has 1 N–H and O–H groups in total. The van der Waals surface area contributed by atoms with Crippen molar-refractivity contribution in [1.29, 1.82) is 0 Å². The molecule has 0 aliphatic heterocycles. The summed E-state index contributed by atoms with van der Waals surface area (Å²) in [7, 11) is 0. The van der Waals surface area contributed by atoms with E-state index in [0.717, 1.165) is 17.7 Å². The number of hydrogen-bond donors (Lipinski definition) is 1. The number of nitrogens with one attached hydrogen (secondary N) is 1. The molecule has 2 aromatic carbocycles. The third-order valence-corrected chi connectivity index (χ3v) is 3.19. The van der Waals surface area contributed by atoms with Crippen molar-refractivity contribution in [3.8, 4) is 5.75 Å². The van der Waals surface area contributed by atoms with Crippen LogP contribution in [0.5, 0.6) is 5.75 Å². The molecule has 2 rings (SSSR count). The molecular weight excluding hydrogens is 332 g/mol.